The van der Waals surface area contributed by atoms with Crippen molar-refractivity contribution >= 4 is 0 Å². The van der Waals surface area contributed by atoms with E-state index >= 15 is 0 Å². The SMILES string of the molecule is C=CCC12CCCC(C)(OC1)OC2. The molecule has 2 nitrogen and oxygen atoms in total. The molecule has 0 spiro atoms. The summed E-state index contributed by atoms with van der Waals surface area (Å²) in [5.41, 5.74) is 0.234. The molecule has 0 aliphatic carbocycles. The normalized spacial score (nSPS) is 44.4. The van der Waals surface area contributed by atoms with Gasteiger partial charge < -0.3 is 9.47 Å². The van der Waals surface area contributed by atoms with Crippen molar-refractivity contribution in [2.24, 2.45) is 5.41 Å². The number of hydrogen-bond acceptors (Lipinski definition) is 2. The van der Waals surface area contributed by atoms with E-state index in [1.54, 1.807) is 0 Å². The van der Waals surface area contributed by atoms with Crippen LogP contribution in [0.15, 0.2) is 12.7 Å². The molecule has 0 saturated carbocycles. The lowest BCUT2D eigenvalue weighted by Crippen LogP contribution is -2.44. The van der Waals surface area contributed by atoms with Crippen LogP contribution in [-0.2, 0) is 9.47 Å². The van der Waals surface area contributed by atoms with Gasteiger partial charge in [-0.3, -0.25) is 0 Å². The molecule has 2 bridgehead atoms. The van der Waals surface area contributed by atoms with Crippen molar-refractivity contribution < 1.29 is 9.47 Å². The van der Waals surface area contributed by atoms with Crippen molar-refractivity contribution in [3.05, 3.63) is 12.7 Å². The van der Waals surface area contributed by atoms with Gasteiger partial charge in [0.2, 0.25) is 0 Å². The molecule has 13 heavy (non-hydrogen) atoms. The van der Waals surface area contributed by atoms with E-state index in [0.29, 0.717) is 0 Å². The Balaban J connectivity index is 2.13. The van der Waals surface area contributed by atoms with E-state index in [0.717, 1.165) is 26.1 Å². The monoisotopic (exact) mass is 182 g/mol. The molecule has 74 valence electrons. The molecule has 0 N–H and O–H groups in total. The molecule has 0 unspecified atom stereocenters. The zero-order chi connectivity index (χ0) is 9.36. The van der Waals surface area contributed by atoms with E-state index in [2.05, 4.69) is 13.5 Å². The lowest BCUT2D eigenvalue weighted by molar-refractivity contribution is -0.284. The highest BCUT2D eigenvalue weighted by atomic mass is 16.7. The van der Waals surface area contributed by atoms with Crippen LogP contribution in [0.5, 0.6) is 0 Å². The second-order valence-electron chi connectivity index (χ2n) is 4.56. The maximum Gasteiger partial charge on any atom is 0.165 e. The summed E-state index contributed by atoms with van der Waals surface area (Å²) in [6.45, 7) is 7.54. The van der Waals surface area contributed by atoms with E-state index in [1.165, 1.54) is 12.8 Å². The molecule has 3 fully saturated rings. The van der Waals surface area contributed by atoms with Gasteiger partial charge in [0.15, 0.2) is 5.79 Å². The molecule has 3 aliphatic heterocycles. The third kappa shape index (κ3) is 1.65. The predicted octanol–water partition coefficient (Wildman–Crippen LogP) is 2.50. The summed E-state index contributed by atoms with van der Waals surface area (Å²) in [5, 5.41) is 0. The largest absolute Gasteiger partial charge is 0.350 e. The zero-order valence-corrected chi connectivity index (χ0v) is 8.34. The lowest BCUT2D eigenvalue weighted by atomic mass is 9.82. The summed E-state index contributed by atoms with van der Waals surface area (Å²) in [5.74, 6) is -0.291. The average Bonchev–Trinajstić information content (AvgIpc) is 2.35. The molecular weight excluding hydrogens is 164 g/mol. The minimum atomic E-state index is -0.291. The van der Waals surface area contributed by atoms with Gasteiger partial charge in [0, 0.05) is 11.8 Å². The highest BCUT2D eigenvalue weighted by Gasteiger charge is 2.44. The van der Waals surface area contributed by atoms with Crippen molar-refractivity contribution in [3.63, 3.8) is 0 Å². The first-order valence-corrected chi connectivity index (χ1v) is 5.07. The number of hydrogen-bond donors (Lipinski definition) is 0. The van der Waals surface area contributed by atoms with Crippen molar-refractivity contribution in [3.8, 4) is 0 Å². The van der Waals surface area contributed by atoms with E-state index in [4.69, 9.17) is 9.47 Å². The third-order valence-electron chi connectivity index (χ3n) is 3.28. The molecule has 0 aromatic heterocycles. The van der Waals surface area contributed by atoms with Gasteiger partial charge >= 0.3 is 0 Å². The minimum absolute atomic E-state index is 0.234. The molecule has 0 aromatic rings. The van der Waals surface area contributed by atoms with Gasteiger partial charge in [0.05, 0.1) is 13.2 Å². The highest BCUT2D eigenvalue weighted by Crippen LogP contribution is 2.43. The van der Waals surface area contributed by atoms with E-state index in [-0.39, 0.29) is 11.2 Å². The second kappa shape index (κ2) is 3.10. The average molecular weight is 182 g/mol. The van der Waals surface area contributed by atoms with Crippen LogP contribution in [0.3, 0.4) is 0 Å². The lowest BCUT2D eigenvalue weighted by Gasteiger charge is -2.40. The van der Waals surface area contributed by atoms with Crippen LogP contribution in [0.2, 0.25) is 0 Å². The van der Waals surface area contributed by atoms with Gasteiger partial charge in [-0.2, -0.15) is 0 Å². The number of allylic oxidation sites excluding steroid dienone is 1. The van der Waals surface area contributed by atoms with Gasteiger partial charge in [-0.1, -0.05) is 6.08 Å². The van der Waals surface area contributed by atoms with Gasteiger partial charge in [0.25, 0.3) is 0 Å². The smallest absolute Gasteiger partial charge is 0.165 e. The second-order valence-corrected chi connectivity index (χ2v) is 4.56. The summed E-state index contributed by atoms with van der Waals surface area (Å²) < 4.78 is 11.6. The quantitative estimate of drug-likeness (QED) is 0.611. The molecule has 0 amide bonds. The molecule has 0 radical (unpaired) electrons. The Kier molecular flexibility index (Phi) is 2.20. The molecule has 3 heterocycles. The Hall–Kier alpha value is -0.340. The summed E-state index contributed by atoms with van der Waals surface area (Å²) in [6, 6.07) is 0. The molecule has 0 aromatic carbocycles. The number of fused-ring (bicyclic) bond motifs is 4. The van der Waals surface area contributed by atoms with Crippen LogP contribution in [-0.4, -0.2) is 19.0 Å². The fraction of sp³-hybridized carbons (Fsp3) is 0.818. The highest BCUT2D eigenvalue weighted by molar-refractivity contribution is 4.92. The summed E-state index contributed by atoms with van der Waals surface area (Å²) >= 11 is 0. The van der Waals surface area contributed by atoms with Crippen LogP contribution in [0.4, 0.5) is 0 Å². The fourth-order valence-electron chi connectivity index (χ4n) is 2.29. The van der Waals surface area contributed by atoms with Crippen LogP contribution >= 0.6 is 0 Å². The van der Waals surface area contributed by atoms with Gasteiger partial charge in [0.1, 0.15) is 0 Å². The Morgan fingerprint density at radius 2 is 2.00 bits per heavy atom. The maximum absolute atomic E-state index is 5.78. The van der Waals surface area contributed by atoms with Crippen LogP contribution in [0.25, 0.3) is 0 Å². The van der Waals surface area contributed by atoms with Crippen molar-refractivity contribution in [2.75, 3.05) is 13.2 Å². The van der Waals surface area contributed by atoms with Gasteiger partial charge in [-0.15, -0.1) is 6.58 Å². The van der Waals surface area contributed by atoms with Crippen LogP contribution in [0.1, 0.15) is 32.6 Å². The third-order valence-corrected chi connectivity index (χ3v) is 3.28. The van der Waals surface area contributed by atoms with Crippen molar-refractivity contribution in [2.45, 2.75) is 38.4 Å². The minimum Gasteiger partial charge on any atom is -0.350 e. The van der Waals surface area contributed by atoms with Crippen molar-refractivity contribution in [1.82, 2.24) is 0 Å². The van der Waals surface area contributed by atoms with Crippen molar-refractivity contribution in [1.29, 1.82) is 0 Å². The molecular formula is C11H18O2. The summed E-state index contributed by atoms with van der Waals surface area (Å²) in [7, 11) is 0. The molecule has 3 rings (SSSR count). The van der Waals surface area contributed by atoms with E-state index in [9.17, 15) is 0 Å². The standard InChI is InChI=1S/C11H18O2/c1-3-5-11-7-4-6-10(2,12-8-11)13-9-11/h3H,1,4-9H2,2H3. The van der Waals surface area contributed by atoms with Gasteiger partial charge in [-0.05, 0) is 26.2 Å². The first-order valence-electron chi connectivity index (χ1n) is 5.07. The van der Waals surface area contributed by atoms with Crippen LogP contribution in [0, 0.1) is 5.41 Å². The number of ether oxygens (including phenoxy) is 2. The fourth-order valence-corrected chi connectivity index (χ4v) is 2.29. The first-order chi connectivity index (χ1) is 6.18. The maximum atomic E-state index is 5.78. The Morgan fingerprint density at radius 3 is 2.62 bits per heavy atom. The number of rotatable bonds is 2. The van der Waals surface area contributed by atoms with E-state index in [1.807, 2.05) is 6.08 Å². The zero-order valence-electron chi connectivity index (χ0n) is 8.34. The topological polar surface area (TPSA) is 18.5 Å². The summed E-state index contributed by atoms with van der Waals surface area (Å²) in [4.78, 5) is 0. The molecule has 3 saturated heterocycles. The van der Waals surface area contributed by atoms with Gasteiger partial charge in [-0.25, -0.2) is 0 Å². The Labute approximate surface area is 79.9 Å². The first kappa shape index (κ1) is 9.22. The molecule has 3 aliphatic rings. The molecule has 2 heteroatoms. The predicted molar refractivity (Wildman–Crippen MR) is 51.4 cm³/mol. The Bertz CT molecular complexity index is 202. The molecule has 0 atom stereocenters. The summed E-state index contributed by atoms with van der Waals surface area (Å²) in [6.07, 6.45) is 6.47. The Morgan fingerprint density at radius 1 is 1.31 bits per heavy atom. The van der Waals surface area contributed by atoms with E-state index < -0.39 is 0 Å². The van der Waals surface area contributed by atoms with Crippen LogP contribution < -0.4 is 0 Å².